The van der Waals surface area contributed by atoms with Crippen LogP contribution in [0.5, 0.6) is 0 Å². The molecule has 2 aromatic rings. The van der Waals surface area contributed by atoms with Crippen LogP contribution in [0, 0.1) is 46.4 Å². The maximum Gasteiger partial charge on any atom is 0.284 e. The Hall–Kier alpha value is -3.96. The number of nitro benzene ring substituents is 4. The second kappa shape index (κ2) is 6.33. The highest BCUT2D eigenvalue weighted by atomic mass is 16.6. The van der Waals surface area contributed by atoms with E-state index in [0.717, 1.165) is 24.3 Å². The monoisotopic (exact) mass is 388 g/mol. The van der Waals surface area contributed by atoms with E-state index in [-0.39, 0.29) is 28.2 Å². The Bertz CT molecular complexity index is 997. The highest BCUT2D eigenvalue weighted by molar-refractivity contribution is 5.93. The molecule has 12 nitrogen and oxygen atoms in total. The molecule has 12 heteroatoms. The van der Waals surface area contributed by atoms with Crippen LogP contribution in [0.3, 0.4) is 0 Å². The molecule has 144 valence electrons. The van der Waals surface area contributed by atoms with Crippen LogP contribution in [-0.4, -0.2) is 19.7 Å². The maximum absolute atomic E-state index is 11.6. The molecule has 0 atom stereocenters. The molecule has 0 heterocycles. The molecule has 0 aromatic heterocycles. The zero-order chi connectivity index (χ0) is 20.9. The number of nitrogens with zero attached hydrogens (tertiary/aromatic N) is 4. The number of benzene rings is 2. The van der Waals surface area contributed by atoms with Crippen LogP contribution in [-0.2, 0) is 0 Å². The molecule has 0 saturated heterocycles. The summed E-state index contributed by atoms with van der Waals surface area (Å²) in [6.45, 7) is 3.44. The Morgan fingerprint density at radius 3 is 1.29 bits per heavy atom. The van der Waals surface area contributed by atoms with Gasteiger partial charge in [0, 0.05) is 18.1 Å². The van der Waals surface area contributed by atoms with Gasteiger partial charge in [-0.05, 0) is 17.0 Å². The Morgan fingerprint density at radius 2 is 1.04 bits per heavy atom. The largest absolute Gasteiger partial charge is 0.284 e. The van der Waals surface area contributed by atoms with E-state index in [1.54, 1.807) is 13.8 Å². The van der Waals surface area contributed by atoms with Gasteiger partial charge in [-0.3, -0.25) is 40.5 Å². The third kappa shape index (κ3) is 2.71. The minimum Gasteiger partial charge on any atom is -0.258 e. The standard InChI is InChI=1S/C16H12N4O8/c1-7(2)14-10-3-8(17(21)22)5-12(19(25)26)15(10)16-11(14)4-9(18(23)24)6-13(16)20(27)28/h3-7,14H,1-2H3. The first kappa shape index (κ1) is 18.8. The van der Waals surface area contributed by atoms with Crippen molar-refractivity contribution in [3.05, 3.63) is 75.8 Å². The number of nitro groups is 4. The predicted molar refractivity (Wildman–Crippen MR) is 95.2 cm³/mol. The first-order chi connectivity index (χ1) is 13.0. The Morgan fingerprint density at radius 1 is 0.679 bits per heavy atom. The molecule has 0 spiro atoms. The van der Waals surface area contributed by atoms with Crippen molar-refractivity contribution in [3.63, 3.8) is 0 Å². The maximum atomic E-state index is 11.6. The van der Waals surface area contributed by atoms with Crippen LogP contribution >= 0.6 is 0 Å². The quantitative estimate of drug-likeness (QED) is 0.544. The molecule has 0 N–H and O–H groups in total. The average Bonchev–Trinajstić information content (AvgIpc) is 2.93. The van der Waals surface area contributed by atoms with Gasteiger partial charge in [-0.1, -0.05) is 13.8 Å². The van der Waals surface area contributed by atoms with E-state index in [0.29, 0.717) is 0 Å². The molecule has 0 bridgehead atoms. The van der Waals surface area contributed by atoms with Crippen LogP contribution in [0.25, 0.3) is 11.1 Å². The highest BCUT2D eigenvalue weighted by Gasteiger charge is 2.43. The van der Waals surface area contributed by atoms with Gasteiger partial charge in [-0.2, -0.15) is 0 Å². The molecule has 3 rings (SSSR count). The van der Waals surface area contributed by atoms with Gasteiger partial charge in [0.05, 0.1) is 43.0 Å². The van der Waals surface area contributed by atoms with Crippen molar-refractivity contribution < 1.29 is 19.7 Å². The van der Waals surface area contributed by atoms with Gasteiger partial charge in [0.1, 0.15) is 0 Å². The fraction of sp³-hybridized carbons (Fsp3) is 0.250. The van der Waals surface area contributed by atoms with E-state index >= 15 is 0 Å². The average molecular weight is 388 g/mol. The van der Waals surface area contributed by atoms with Gasteiger partial charge in [0.25, 0.3) is 22.7 Å². The van der Waals surface area contributed by atoms with Crippen molar-refractivity contribution in [1.82, 2.24) is 0 Å². The van der Waals surface area contributed by atoms with Crippen molar-refractivity contribution in [1.29, 1.82) is 0 Å². The lowest BCUT2D eigenvalue weighted by atomic mass is 9.86. The predicted octanol–water partition coefficient (Wildman–Crippen LogP) is 4.09. The summed E-state index contributed by atoms with van der Waals surface area (Å²) in [6.07, 6.45) is 0. The van der Waals surface area contributed by atoms with E-state index < -0.39 is 48.4 Å². The molecule has 0 fully saturated rings. The summed E-state index contributed by atoms with van der Waals surface area (Å²) in [5.74, 6) is -0.995. The zero-order valence-corrected chi connectivity index (χ0v) is 14.5. The lowest BCUT2D eigenvalue weighted by Gasteiger charge is -2.17. The zero-order valence-electron chi connectivity index (χ0n) is 14.5. The molecule has 0 saturated carbocycles. The lowest BCUT2D eigenvalue weighted by molar-refractivity contribution is -0.395. The minimum atomic E-state index is -0.844. The SMILES string of the molecule is CC(C)C1c2cc([N+](=O)[O-])cc([N+](=O)[O-])c2-c2c1cc([N+](=O)[O-])cc2[N+](=O)[O-]. The van der Waals surface area contributed by atoms with Crippen LogP contribution in [0.1, 0.15) is 30.9 Å². The van der Waals surface area contributed by atoms with Crippen molar-refractivity contribution in [2.75, 3.05) is 0 Å². The minimum absolute atomic E-state index is 0.106. The first-order valence-corrected chi connectivity index (χ1v) is 7.98. The van der Waals surface area contributed by atoms with Crippen LogP contribution in [0.2, 0.25) is 0 Å². The first-order valence-electron chi connectivity index (χ1n) is 7.98. The van der Waals surface area contributed by atoms with E-state index in [4.69, 9.17) is 0 Å². The summed E-state index contributed by atoms with van der Waals surface area (Å²) >= 11 is 0. The van der Waals surface area contributed by atoms with Gasteiger partial charge in [-0.25, -0.2) is 0 Å². The molecule has 1 aliphatic carbocycles. The Labute approximate surface area is 156 Å². The van der Waals surface area contributed by atoms with Gasteiger partial charge in [0.15, 0.2) is 0 Å². The molecule has 1 aliphatic rings. The molecule has 0 aliphatic heterocycles. The molecule has 2 aromatic carbocycles. The second-order valence-electron chi connectivity index (χ2n) is 6.61. The number of hydrogen-bond donors (Lipinski definition) is 0. The van der Waals surface area contributed by atoms with Crippen molar-refractivity contribution in [2.45, 2.75) is 19.8 Å². The Kier molecular flexibility index (Phi) is 4.26. The summed E-state index contributed by atoms with van der Waals surface area (Å²) in [6, 6.07) is 3.78. The summed E-state index contributed by atoms with van der Waals surface area (Å²) in [5.41, 5.74) is -2.21. The third-order valence-electron chi connectivity index (χ3n) is 4.67. The summed E-state index contributed by atoms with van der Waals surface area (Å²) in [5, 5.41) is 45.6. The van der Waals surface area contributed by atoms with Crippen molar-refractivity contribution in [2.24, 2.45) is 5.92 Å². The normalized spacial score (nSPS) is 12.5. The second-order valence-corrected chi connectivity index (χ2v) is 6.61. The van der Waals surface area contributed by atoms with Crippen molar-refractivity contribution >= 4 is 22.7 Å². The third-order valence-corrected chi connectivity index (χ3v) is 4.67. The lowest BCUT2D eigenvalue weighted by Crippen LogP contribution is -2.06. The number of fused-ring (bicyclic) bond motifs is 3. The number of non-ortho nitro benzene ring substituents is 2. The van der Waals surface area contributed by atoms with E-state index in [2.05, 4.69) is 0 Å². The molecule has 0 amide bonds. The molecular formula is C16H12N4O8. The van der Waals surface area contributed by atoms with Gasteiger partial charge in [-0.15, -0.1) is 0 Å². The van der Waals surface area contributed by atoms with Gasteiger partial charge < -0.3 is 0 Å². The van der Waals surface area contributed by atoms with Crippen molar-refractivity contribution in [3.8, 4) is 11.1 Å². The topological polar surface area (TPSA) is 173 Å². The summed E-state index contributed by atoms with van der Waals surface area (Å²) in [7, 11) is 0. The van der Waals surface area contributed by atoms with E-state index in [1.807, 2.05) is 0 Å². The molecular weight excluding hydrogens is 376 g/mol. The van der Waals surface area contributed by atoms with E-state index in [1.165, 1.54) is 0 Å². The summed E-state index contributed by atoms with van der Waals surface area (Å²) < 4.78 is 0. The van der Waals surface area contributed by atoms with Gasteiger partial charge >= 0.3 is 0 Å². The fourth-order valence-corrected chi connectivity index (χ4v) is 3.69. The van der Waals surface area contributed by atoms with E-state index in [9.17, 15) is 40.5 Å². The molecule has 28 heavy (non-hydrogen) atoms. The number of hydrogen-bond acceptors (Lipinski definition) is 8. The number of rotatable bonds is 5. The van der Waals surface area contributed by atoms with Crippen LogP contribution in [0.15, 0.2) is 24.3 Å². The van der Waals surface area contributed by atoms with Crippen LogP contribution < -0.4 is 0 Å². The van der Waals surface area contributed by atoms with Crippen LogP contribution in [0.4, 0.5) is 22.7 Å². The van der Waals surface area contributed by atoms with Gasteiger partial charge in [0.2, 0.25) is 0 Å². The smallest absolute Gasteiger partial charge is 0.258 e. The fourth-order valence-electron chi connectivity index (χ4n) is 3.69. The Balaban J connectivity index is 2.52. The molecule has 0 unspecified atom stereocenters. The highest BCUT2D eigenvalue weighted by Crippen LogP contribution is 2.56. The summed E-state index contributed by atoms with van der Waals surface area (Å²) in [4.78, 5) is 42.4. The molecule has 0 radical (unpaired) electrons.